The average Bonchev–Trinajstić information content (AvgIpc) is 3.06. The molecule has 0 spiro atoms. The fourth-order valence-corrected chi connectivity index (χ4v) is 4.38. The fraction of sp³-hybridized carbons (Fsp3) is 0.278. The third-order valence-corrected chi connectivity index (χ3v) is 6.04. The van der Waals surface area contributed by atoms with Gasteiger partial charge in [0.2, 0.25) is 10.0 Å². The lowest BCUT2D eigenvalue weighted by Gasteiger charge is -2.19. The van der Waals surface area contributed by atoms with Gasteiger partial charge in [-0.15, -0.1) is 0 Å². The lowest BCUT2D eigenvalue weighted by atomic mass is 10.2. The Morgan fingerprint density at radius 3 is 2.61 bits per heavy atom. The molecule has 0 saturated carbocycles. The molecule has 10 heteroatoms. The van der Waals surface area contributed by atoms with Crippen molar-refractivity contribution in [3.05, 3.63) is 59.7 Å². The maximum absolute atomic E-state index is 12.7. The number of sulfonamides is 1. The van der Waals surface area contributed by atoms with Crippen LogP contribution < -0.4 is 14.9 Å². The zero-order chi connectivity index (χ0) is 20.4. The second-order valence-electron chi connectivity index (χ2n) is 6.23. The van der Waals surface area contributed by atoms with E-state index >= 15 is 0 Å². The number of benzene rings is 2. The predicted molar refractivity (Wildman–Crippen MR) is 99.7 cm³/mol. The summed E-state index contributed by atoms with van der Waals surface area (Å²) in [7, 11) is -3.63. The van der Waals surface area contributed by atoms with E-state index in [0.29, 0.717) is 18.7 Å². The number of carbonyl (C=O) groups is 1. The molecule has 1 aliphatic rings. The number of rotatable bonds is 5. The molecule has 1 aliphatic heterocycles. The Labute approximate surface area is 160 Å². The Morgan fingerprint density at radius 1 is 1.11 bits per heavy atom. The molecule has 0 saturated heterocycles. The first-order valence-corrected chi connectivity index (χ1v) is 10.1. The highest BCUT2D eigenvalue weighted by Gasteiger charge is 2.31. The lowest BCUT2D eigenvalue weighted by molar-refractivity contribution is -0.137. The molecular weight excluding hydrogens is 395 g/mol. The summed E-state index contributed by atoms with van der Waals surface area (Å²) < 4.78 is 64.4. The monoisotopic (exact) mass is 413 g/mol. The minimum Gasteiger partial charge on any atom is -0.337 e. The predicted octanol–water partition coefficient (Wildman–Crippen LogP) is 3.22. The Bertz CT molecular complexity index is 977. The lowest BCUT2D eigenvalue weighted by Crippen LogP contribution is -2.38. The van der Waals surface area contributed by atoms with Gasteiger partial charge in [0, 0.05) is 18.8 Å². The molecule has 2 aromatic rings. The third-order valence-electron chi connectivity index (χ3n) is 4.27. The van der Waals surface area contributed by atoms with Gasteiger partial charge in [0.15, 0.2) is 0 Å². The number of nitrogens with one attached hydrogen (secondary N) is 2. The summed E-state index contributed by atoms with van der Waals surface area (Å²) >= 11 is 0. The standard InChI is InChI=1S/C18H18F3N3O3S/c19-18(20,21)14-5-3-6-15(12-14)23-17(25)22-9-11-28(26,27)24-10-8-13-4-1-2-7-16(13)24/h1-7,12H,8-11H2,(H2,22,23,25). The molecule has 150 valence electrons. The zero-order valence-electron chi connectivity index (χ0n) is 14.7. The number of hydrogen-bond acceptors (Lipinski definition) is 3. The van der Waals surface area contributed by atoms with E-state index in [9.17, 15) is 26.4 Å². The molecular formula is C18H18F3N3O3S. The van der Waals surface area contributed by atoms with Gasteiger partial charge in [-0.05, 0) is 36.2 Å². The van der Waals surface area contributed by atoms with Crippen LogP contribution in [0, 0.1) is 0 Å². The van der Waals surface area contributed by atoms with Crippen molar-refractivity contribution in [2.75, 3.05) is 28.5 Å². The molecule has 2 amide bonds. The maximum Gasteiger partial charge on any atom is 0.416 e. The van der Waals surface area contributed by atoms with Crippen LogP contribution in [0.3, 0.4) is 0 Å². The quantitative estimate of drug-likeness (QED) is 0.790. The van der Waals surface area contributed by atoms with Crippen molar-refractivity contribution >= 4 is 27.4 Å². The minimum absolute atomic E-state index is 0.0383. The van der Waals surface area contributed by atoms with Gasteiger partial charge in [-0.25, -0.2) is 13.2 Å². The summed E-state index contributed by atoms with van der Waals surface area (Å²) in [6.45, 7) is 0.171. The number of anilines is 2. The number of halogens is 3. The maximum atomic E-state index is 12.7. The second kappa shape index (κ2) is 7.70. The van der Waals surface area contributed by atoms with Crippen LogP contribution in [0.1, 0.15) is 11.1 Å². The SMILES string of the molecule is O=C(NCCS(=O)(=O)N1CCc2ccccc21)Nc1cccc(C(F)(F)F)c1. The van der Waals surface area contributed by atoms with Gasteiger partial charge in [-0.1, -0.05) is 24.3 Å². The van der Waals surface area contributed by atoms with Crippen molar-refractivity contribution < 1.29 is 26.4 Å². The van der Waals surface area contributed by atoms with Crippen molar-refractivity contribution in [1.82, 2.24) is 5.32 Å². The summed E-state index contributed by atoms with van der Waals surface area (Å²) in [6, 6.07) is 10.6. The molecule has 0 aliphatic carbocycles. The Hall–Kier alpha value is -2.75. The molecule has 3 rings (SSSR count). The Kier molecular flexibility index (Phi) is 5.50. The molecule has 0 aromatic heterocycles. The number of alkyl halides is 3. The van der Waals surface area contributed by atoms with Gasteiger partial charge in [0.1, 0.15) is 0 Å². The summed E-state index contributed by atoms with van der Waals surface area (Å²) in [4.78, 5) is 11.9. The summed E-state index contributed by atoms with van der Waals surface area (Å²) in [6.07, 6.45) is -3.90. The minimum atomic E-state index is -4.52. The third kappa shape index (κ3) is 4.56. The van der Waals surface area contributed by atoms with Crippen LogP contribution in [-0.4, -0.2) is 33.3 Å². The summed E-state index contributed by atoms with van der Waals surface area (Å²) in [5.74, 6) is -0.322. The number of nitrogens with zero attached hydrogens (tertiary/aromatic N) is 1. The second-order valence-corrected chi connectivity index (χ2v) is 8.24. The zero-order valence-corrected chi connectivity index (χ0v) is 15.5. The number of para-hydroxylation sites is 1. The number of urea groups is 1. The van der Waals surface area contributed by atoms with Crippen molar-refractivity contribution in [2.45, 2.75) is 12.6 Å². The van der Waals surface area contributed by atoms with E-state index < -0.39 is 27.8 Å². The van der Waals surface area contributed by atoms with Crippen molar-refractivity contribution in [2.24, 2.45) is 0 Å². The van der Waals surface area contributed by atoms with E-state index in [1.54, 1.807) is 12.1 Å². The Morgan fingerprint density at radius 2 is 1.86 bits per heavy atom. The van der Waals surface area contributed by atoms with Gasteiger partial charge in [0.25, 0.3) is 0 Å². The molecule has 0 fully saturated rings. The largest absolute Gasteiger partial charge is 0.416 e. The highest BCUT2D eigenvalue weighted by Crippen LogP contribution is 2.31. The highest BCUT2D eigenvalue weighted by atomic mass is 32.2. The smallest absolute Gasteiger partial charge is 0.337 e. The van der Waals surface area contributed by atoms with Crippen LogP contribution >= 0.6 is 0 Å². The van der Waals surface area contributed by atoms with Crippen LogP contribution in [-0.2, 0) is 22.6 Å². The first-order chi connectivity index (χ1) is 13.2. The first-order valence-electron chi connectivity index (χ1n) is 8.47. The highest BCUT2D eigenvalue weighted by molar-refractivity contribution is 7.92. The number of amides is 2. The summed E-state index contributed by atoms with van der Waals surface area (Å²) in [5.41, 5.74) is 0.654. The molecule has 6 nitrogen and oxygen atoms in total. The van der Waals surface area contributed by atoms with Gasteiger partial charge >= 0.3 is 12.2 Å². The molecule has 0 bridgehead atoms. The van der Waals surface area contributed by atoms with Crippen LogP contribution in [0.2, 0.25) is 0 Å². The van der Waals surface area contributed by atoms with Crippen molar-refractivity contribution in [1.29, 1.82) is 0 Å². The Balaban J connectivity index is 1.55. The van der Waals surface area contributed by atoms with Crippen LogP contribution in [0.4, 0.5) is 29.3 Å². The van der Waals surface area contributed by atoms with Crippen LogP contribution in [0.15, 0.2) is 48.5 Å². The normalized spacial score (nSPS) is 13.9. The molecule has 0 unspecified atom stereocenters. The topological polar surface area (TPSA) is 78.5 Å². The van der Waals surface area contributed by atoms with Crippen LogP contribution in [0.5, 0.6) is 0 Å². The molecule has 0 atom stereocenters. The van der Waals surface area contributed by atoms with E-state index in [0.717, 1.165) is 17.7 Å². The number of hydrogen-bond donors (Lipinski definition) is 2. The van der Waals surface area contributed by atoms with E-state index in [1.807, 2.05) is 12.1 Å². The summed E-state index contributed by atoms with van der Waals surface area (Å²) in [5, 5.41) is 4.62. The number of fused-ring (bicyclic) bond motifs is 1. The molecule has 28 heavy (non-hydrogen) atoms. The average molecular weight is 413 g/mol. The molecule has 1 heterocycles. The van der Waals surface area contributed by atoms with Crippen molar-refractivity contribution in [3.8, 4) is 0 Å². The molecule has 2 N–H and O–H groups in total. The van der Waals surface area contributed by atoms with Gasteiger partial charge in [-0.2, -0.15) is 13.2 Å². The van der Waals surface area contributed by atoms with Crippen LogP contribution in [0.25, 0.3) is 0 Å². The van der Waals surface area contributed by atoms with Gasteiger partial charge in [0.05, 0.1) is 17.0 Å². The first kappa shape index (κ1) is 20.0. The van der Waals surface area contributed by atoms with E-state index in [4.69, 9.17) is 0 Å². The van der Waals surface area contributed by atoms with Gasteiger partial charge in [-0.3, -0.25) is 4.31 Å². The fourth-order valence-electron chi connectivity index (χ4n) is 2.95. The van der Waals surface area contributed by atoms with E-state index in [1.165, 1.54) is 16.4 Å². The molecule has 2 aromatic carbocycles. The number of carbonyl (C=O) groups excluding carboxylic acids is 1. The van der Waals surface area contributed by atoms with E-state index in [-0.39, 0.29) is 18.0 Å². The molecule has 0 radical (unpaired) electrons. The van der Waals surface area contributed by atoms with E-state index in [2.05, 4.69) is 10.6 Å². The van der Waals surface area contributed by atoms with Crippen molar-refractivity contribution in [3.63, 3.8) is 0 Å². The van der Waals surface area contributed by atoms with Gasteiger partial charge < -0.3 is 10.6 Å².